The molecule has 0 saturated heterocycles. The molecule has 0 radical (unpaired) electrons. The molecule has 4 N–H and O–H groups in total. The zero-order valence-electron chi connectivity index (χ0n) is 10.8. The van der Waals surface area contributed by atoms with Crippen LogP contribution in [0, 0.1) is 6.92 Å². The number of nitrogens with one attached hydrogen (secondary N) is 3. The highest BCUT2D eigenvalue weighted by Crippen LogP contribution is 1.93. The molecule has 3 amide bonds. The van der Waals surface area contributed by atoms with E-state index in [1.54, 1.807) is 19.2 Å². The molecule has 9 nitrogen and oxygen atoms in total. The largest absolute Gasteiger partial charge is 0.480 e. The van der Waals surface area contributed by atoms with Gasteiger partial charge in [0, 0.05) is 6.20 Å². The van der Waals surface area contributed by atoms with Crippen molar-refractivity contribution < 1.29 is 19.5 Å². The Morgan fingerprint density at radius 2 is 1.95 bits per heavy atom. The molecule has 0 aliphatic heterocycles. The summed E-state index contributed by atoms with van der Waals surface area (Å²) in [4.78, 5) is 40.7. The molecule has 20 heavy (non-hydrogen) atoms. The fraction of sp³-hybridized carbons (Fsp3) is 0.364. The Morgan fingerprint density at radius 1 is 1.20 bits per heavy atom. The summed E-state index contributed by atoms with van der Waals surface area (Å²) in [6, 6.07) is 1.11. The third-order valence-corrected chi connectivity index (χ3v) is 2.11. The van der Waals surface area contributed by atoms with Crippen molar-refractivity contribution >= 4 is 17.9 Å². The Labute approximate surface area is 114 Å². The number of hydrogen-bond acceptors (Lipinski definition) is 5. The number of nitrogens with zero attached hydrogens (tertiary/aromatic N) is 2. The van der Waals surface area contributed by atoms with Gasteiger partial charge in [0.1, 0.15) is 12.4 Å². The van der Waals surface area contributed by atoms with E-state index in [0.717, 1.165) is 0 Å². The van der Waals surface area contributed by atoms with Crippen molar-refractivity contribution in [3.8, 4) is 0 Å². The summed E-state index contributed by atoms with van der Waals surface area (Å²) in [6.45, 7) is 1.15. The van der Waals surface area contributed by atoms with Gasteiger partial charge >= 0.3 is 12.0 Å². The van der Waals surface area contributed by atoms with Crippen molar-refractivity contribution in [1.29, 1.82) is 0 Å². The van der Waals surface area contributed by atoms with E-state index in [4.69, 9.17) is 5.11 Å². The van der Waals surface area contributed by atoms with E-state index in [0.29, 0.717) is 11.5 Å². The lowest BCUT2D eigenvalue weighted by Gasteiger charge is -2.07. The van der Waals surface area contributed by atoms with Crippen LogP contribution in [-0.4, -0.2) is 46.1 Å². The Morgan fingerprint density at radius 3 is 2.60 bits per heavy atom. The minimum atomic E-state index is -1.15. The number of carbonyl (C=O) groups is 3. The van der Waals surface area contributed by atoms with Crippen LogP contribution in [-0.2, 0) is 16.1 Å². The summed E-state index contributed by atoms with van der Waals surface area (Å²) in [5.74, 6) is -1.14. The number of hydrogen-bond donors (Lipinski definition) is 4. The van der Waals surface area contributed by atoms with Crippen LogP contribution in [0.25, 0.3) is 0 Å². The van der Waals surface area contributed by atoms with E-state index in [9.17, 15) is 14.4 Å². The topological polar surface area (TPSA) is 133 Å². The van der Waals surface area contributed by atoms with Crippen molar-refractivity contribution in [3.05, 3.63) is 23.8 Å². The maximum absolute atomic E-state index is 11.4. The van der Waals surface area contributed by atoms with Crippen molar-refractivity contribution in [3.63, 3.8) is 0 Å². The Hall–Kier alpha value is -2.71. The van der Waals surface area contributed by atoms with E-state index in [1.165, 1.54) is 0 Å². The molecule has 0 aliphatic carbocycles. The monoisotopic (exact) mass is 281 g/mol. The first-order chi connectivity index (χ1) is 9.47. The summed E-state index contributed by atoms with van der Waals surface area (Å²) >= 11 is 0. The Bertz CT molecular complexity index is 505. The van der Waals surface area contributed by atoms with Crippen LogP contribution in [0.15, 0.2) is 12.3 Å². The van der Waals surface area contributed by atoms with Crippen LogP contribution < -0.4 is 16.0 Å². The minimum Gasteiger partial charge on any atom is -0.480 e. The molecular formula is C11H15N5O4. The molecule has 1 heterocycles. The average molecular weight is 281 g/mol. The molecule has 0 atom stereocenters. The van der Waals surface area contributed by atoms with Crippen LogP contribution in [0.2, 0.25) is 0 Å². The molecule has 108 valence electrons. The predicted octanol–water partition coefficient (Wildman–Crippen LogP) is -1.21. The summed E-state index contributed by atoms with van der Waals surface area (Å²) in [7, 11) is 0. The average Bonchev–Trinajstić information content (AvgIpc) is 2.40. The summed E-state index contributed by atoms with van der Waals surface area (Å²) < 4.78 is 0. The van der Waals surface area contributed by atoms with Crippen LogP contribution in [0.3, 0.4) is 0 Å². The first-order valence-corrected chi connectivity index (χ1v) is 5.76. The molecule has 0 saturated carbocycles. The third-order valence-electron chi connectivity index (χ3n) is 2.11. The van der Waals surface area contributed by atoms with Crippen molar-refractivity contribution in [2.45, 2.75) is 13.5 Å². The Balaban J connectivity index is 2.23. The molecule has 1 aromatic rings. The molecule has 0 aliphatic rings. The van der Waals surface area contributed by atoms with Crippen LogP contribution in [0.4, 0.5) is 4.79 Å². The number of amides is 3. The van der Waals surface area contributed by atoms with E-state index in [2.05, 4.69) is 25.9 Å². The van der Waals surface area contributed by atoms with Crippen molar-refractivity contribution in [1.82, 2.24) is 25.9 Å². The second kappa shape index (κ2) is 7.67. The Kier molecular flexibility index (Phi) is 5.88. The lowest BCUT2D eigenvalue weighted by molar-refractivity contribution is -0.137. The van der Waals surface area contributed by atoms with Gasteiger partial charge in [0.05, 0.1) is 18.8 Å². The van der Waals surface area contributed by atoms with E-state index in [1.807, 2.05) is 0 Å². The summed E-state index contributed by atoms with van der Waals surface area (Å²) in [5, 5.41) is 15.3. The van der Waals surface area contributed by atoms with E-state index >= 15 is 0 Å². The van der Waals surface area contributed by atoms with Crippen LogP contribution in [0.1, 0.15) is 11.5 Å². The van der Waals surface area contributed by atoms with Gasteiger partial charge in [-0.15, -0.1) is 0 Å². The lowest BCUT2D eigenvalue weighted by Crippen LogP contribution is -2.42. The minimum absolute atomic E-state index is 0.200. The lowest BCUT2D eigenvalue weighted by atomic mass is 10.4. The highest BCUT2D eigenvalue weighted by Gasteiger charge is 2.06. The highest BCUT2D eigenvalue weighted by atomic mass is 16.4. The van der Waals surface area contributed by atoms with Crippen LogP contribution >= 0.6 is 0 Å². The molecule has 0 spiro atoms. The maximum atomic E-state index is 11.4. The van der Waals surface area contributed by atoms with Gasteiger partial charge < -0.3 is 21.1 Å². The van der Waals surface area contributed by atoms with Crippen molar-refractivity contribution in [2.75, 3.05) is 13.1 Å². The fourth-order valence-corrected chi connectivity index (χ4v) is 1.23. The molecule has 0 aromatic carbocycles. The number of urea groups is 1. The highest BCUT2D eigenvalue weighted by molar-refractivity contribution is 5.86. The second-order valence-corrected chi connectivity index (χ2v) is 3.80. The van der Waals surface area contributed by atoms with Gasteiger partial charge in [-0.2, -0.15) is 0 Å². The van der Waals surface area contributed by atoms with Crippen LogP contribution in [0.5, 0.6) is 0 Å². The second-order valence-electron chi connectivity index (χ2n) is 3.80. The fourth-order valence-electron chi connectivity index (χ4n) is 1.23. The zero-order chi connectivity index (χ0) is 15.0. The van der Waals surface area contributed by atoms with Gasteiger partial charge in [0.2, 0.25) is 5.91 Å². The number of rotatable bonds is 6. The third kappa shape index (κ3) is 6.28. The number of carboxylic acids is 1. The SMILES string of the molecule is Cc1nccc(CNC(=O)NCC(=O)NCC(=O)O)n1. The summed E-state index contributed by atoms with van der Waals surface area (Å²) in [5.41, 5.74) is 0.642. The van der Waals surface area contributed by atoms with Gasteiger partial charge in [-0.25, -0.2) is 14.8 Å². The number of aromatic nitrogens is 2. The van der Waals surface area contributed by atoms with E-state index < -0.39 is 24.5 Å². The quantitative estimate of drug-likeness (QED) is 0.517. The molecule has 0 bridgehead atoms. The number of aryl methyl sites for hydroxylation is 1. The molecular weight excluding hydrogens is 266 g/mol. The zero-order valence-corrected chi connectivity index (χ0v) is 10.8. The van der Waals surface area contributed by atoms with Gasteiger partial charge in [0.25, 0.3) is 0 Å². The first kappa shape index (κ1) is 15.3. The normalized spacial score (nSPS) is 9.65. The maximum Gasteiger partial charge on any atom is 0.322 e. The molecule has 9 heteroatoms. The van der Waals surface area contributed by atoms with Crippen molar-refractivity contribution in [2.24, 2.45) is 0 Å². The molecule has 1 rings (SSSR count). The number of carbonyl (C=O) groups excluding carboxylic acids is 2. The van der Waals surface area contributed by atoms with Gasteiger partial charge in [-0.05, 0) is 13.0 Å². The number of aliphatic carboxylic acids is 1. The number of carboxylic acid groups (broad SMARTS) is 1. The van der Waals surface area contributed by atoms with E-state index in [-0.39, 0.29) is 13.1 Å². The van der Waals surface area contributed by atoms with Gasteiger partial charge in [-0.1, -0.05) is 0 Å². The first-order valence-electron chi connectivity index (χ1n) is 5.76. The molecule has 0 fully saturated rings. The molecule has 0 unspecified atom stereocenters. The smallest absolute Gasteiger partial charge is 0.322 e. The van der Waals surface area contributed by atoms with Gasteiger partial charge in [-0.3, -0.25) is 9.59 Å². The predicted molar refractivity (Wildman–Crippen MR) is 67.7 cm³/mol. The summed E-state index contributed by atoms with van der Waals surface area (Å²) in [6.07, 6.45) is 1.58. The van der Waals surface area contributed by atoms with Gasteiger partial charge in [0.15, 0.2) is 0 Å². The standard InChI is InChI=1S/C11H15N5O4/c1-7-12-3-2-8(16-7)4-14-11(20)15-5-9(17)13-6-10(18)19/h2-3H,4-6H2,1H3,(H,13,17)(H,18,19)(H2,14,15,20). The molecule has 1 aromatic heterocycles.